The average Bonchev–Trinajstić information content (AvgIpc) is 2.83. The molecule has 0 radical (unpaired) electrons. The van der Waals surface area contributed by atoms with Crippen molar-refractivity contribution in [3.05, 3.63) is 46.6 Å². The summed E-state index contributed by atoms with van der Waals surface area (Å²) in [6.45, 7) is 0. The van der Waals surface area contributed by atoms with E-state index >= 15 is 0 Å². The van der Waals surface area contributed by atoms with E-state index in [4.69, 9.17) is 16.3 Å². The van der Waals surface area contributed by atoms with Gasteiger partial charge in [0.1, 0.15) is 10.7 Å². The first kappa shape index (κ1) is 12.8. The molecule has 1 aromatic carbocycles. The summed E-state index contributed by atoms with van der Waals surface area (Å²) in [4.78, 5) is 19.6. The van der Waals surface area contributed by atoms with Crippen LogP contribution >= 0.6 is 22.9 Å². The minimum atomic E-state index is -1.08. The third kappa shape index (κ3) is 2.31. The molecule has 5 nitrogen and oxygen atoms in total. The number of thiazole rings is 1. The standard InChI is InChI=1S/C13H7ClN2O3S/c14-10-6-20-13(16-10)19-9-5-15-8-4-2-1-3-7(8)11(9)12(17)18/h1-6H,(H,17,18). The quantitative estimate of drug-likeness (QED) is 0.796. The van der Waals surface area contributed by atoms with E-state index in [0.29, 0.717) is 16.1 Å². The lowest BCUT2D eigenvalue weighted by Gasteiger charge is -2.08. The maximum absolute atomic E-state index is 11.5. The number of rotatable bonds is 3. The number of hydrogen-bond donors (Lipinski definition) is 1. The van der Waals surface area contributed by atoms with Gasteiger partial charge in [-0.2, -0.15) is 4.98 Å². The van der Waals surface area contributed by atoms with Gasteiger partial charge < -0.3 is 9.84 Å². The Bertz CT molecular complexity index is 803. The number of ether oxygens (including phenoxy) is 1. The molecule has 3 aromatic rings. The molecule has 1 N–H and O–H groups in total. The molecule has 0 aliphatic heterocycles. The van der Waals surface area contributed by atoms with E-state index < -0.39 is 5.97 Å². The topological polar surface area (TPSA) is 72.3 Å². The molecule has 20 heavy (non-hydrogen) atoms. The van der Waals surface area contributed by atoms with Gasteiger partial charge in [-0.15, -0.1) is 0 Å². The second-order valence-electron chi connectivity index (χ2n) is 3.86. The first-order valence-corrected chi connectivity index (χ1v) is 6.81. The Morgan fingerprint density at radius 1 is 1.35 bits per heavy atom. The van der Waals surface area contributed by atoms with Crippen LogP contribution in [-0.2, 0) is 0 Å². The SMILES string of the molecule is O=C(O)c1c(Oc2nc(Cl)cs2)cnc2ccccc12. The summed E-state index contributed by atoms with van der Waals surface area (Å²) in [6, 6.07) is 6.97. The summed E-state index contributed by atoms with van der Waals surface area (Å²) >= 11 is 6.90. The number of carboxylic acids is 1. The van der Waals surface area contributed by atoms with Gasteiger partial charge in [-0.05, 0) is 6.07 Å². The van der Waals surface area contributed by atoms with E-state index in [1.807, 2.05) is 0 Å². The molecule has 100 valence electrons. The number of fused-ring (bicyclic) bond motifs is 1. The largest absolute Gasteiger partial charge is 0.478 e. The molecule has 0 spiro atoms. The molecule has 0 saturated heterocycles. The van der Waals surface area contributed by atoms with Gasteiger partial charge in [0.2, 0.25) is 0 Å². The fourth-order valence-corrected chi connectivity index (χ4v) is 2.60. The predicted molar refractivity (Wildman–Crippen MR) is 75.9 cm³/mol. The monoisotopic (exact) mass is 306 g/mol. The number of aromatic nitrogens is 2. The van der Waals surface area contributed by atoms with Gasteiger partial charge in [-0.3, -0.25) is 4.98 Å². The normalized spacial score (nSPS) is 10.7. The highest BCUT2D eigenvalue weighted by atomic mass is 35.5. The maximum atomic E-state index is 11.5. The third-order valence-electron chi connectivity index (χ3n) is 2.61. The lowest BCUT2D eigenvalue weighted by Crippen LogP contribution is -2.02. The van der Waals surface area contributed by atoms with Crippen LogP contribution in [0.2, 0.25) is 5.15 Å². The molecule has 0 fully saturated rings. The van der Waals surface area contributed by atoms with Crippen molar-refractivity contribution in [1.29, 1.82) is 0 Å². The summed E-state index contributed by atoms with van der Waals surface area (Å²) in [7, 11) is 0. The Labute approximate surface area is 122 Å². The van der Waals surface area contributed by atoms with Crippen LogP contribution in [0.5, 0.6) is 10.9 Å². The van der Waals surface area contributed by atoms with Crippen LogP contribution in [0.4, 0.5) is 0 Å². The van der Waals surface area contributed by atoms with E-state index in [1.54, 1.807) is 29.6 Å². The minimum absolute atomic E-state index is 0.0573. The maximum Gasteiger partial charge on any atom is 0.340 e. The fourth-order valence-electron chi connectivity index (χ4n) is 1.80. The van der Waals surface area contributed by atoms with Crippen molar-refractivity contribution in [2.45, 2.75) is 0 Å². The van der Waals surface area contributed by atoms with Crippen LogP contribution in [-0.4, -0.2) is 21.0 Å². The fraction of sp³-hybridized carbons (Fsp3) is 0. The second-order valence-corrected chi connectivity index (χ2v) is 5.07. The molecular weight excluding hydrogens is 300 g/mol. The number of halogens is 1. The molecule has 2 aromatic heterocycles. The number of pyridine rings is 1. The van der Waals surface area contributed by atoms with E-state index in [2.05, 4.69) is 9.97 Å². The van der Waals surface area contributed by atoms with Crippen LogP contribution in [0.15, 0.2) is 35.8 Å². The Balaban J connectivity index is 2.15. The van der Waals surface area contributed by atoms with E-state index in [0.717, 1.165) is 0 Å². The number of carbonyl (C=O) groups is 1. The van der Waals surface area contributed by atoms with Crippen molar-refractivity contribution < 1.29 is 14.6 Å². The van der Waals surface area contributed by atoms with E-state index in [1.165, 1.54) is 17.5 Å². The molecule has 0 bridgehead atoms. The van der Waals surface area contributed by atoms with Crippen molar-refractivity contribution in [3.63, 3.8) is 0 Å². The summed E-state index contributed by atoms with van der Waals surface area (Å²) < 4.78 is 5.48. The number of carboxylic acid groups (broad SMARTS) is 1. The molecule has 0 aliphatic rings. The zero-order valence-corrected chi connectivity index (χ0v) is 11.5. The van der Waals surface area contributed by atoms with Crippen molar-refractivity contribution in [2.75, 3.05) is 0 Å². The van der Waals surface area contributed by atoms with Gasteiger partial charge in [-0.25, -0.2) is 4.79 Å². The lowest BCUT2D eigenvalue weighted by molar-refractivity contribution is 0.0696. The van der Waals surface area contributed by atoms with Gasteiger partial charge in [0.15, 0.2) is 5.75 Å². The van der Waals surface area contributed by atoms with Crippen LogP contribution in [0.1, 0.15) is 10.4 Å². The molecule has 0 aliphatic carbocycles. The molecule has 3 rings (SSSR count). The Morgan fingerprint density at radius 2 is 2.15 bits per heavy atom. The van der Waals surface area contributed by atoms with Crippen LogP contribution in [0.3, 0.4) is 0 Å². The molecule has 2 heterocycles. The van der Waals surface area contributed by atoms with Gasteiger partial charge in [0.05, 0.1) is 11.7 Å². The molecule has 0 unspecified atom stereocenters. The number of benzene rings is 1. The predicted octanol–water partition coefficient (Wildman–Crippen LogP) is 3.84. The third-order valence-corrected chi connectivity index (χ3v) is 3.65. The van der Waals surface area contributed by atoms with Gasteiger partial charge in [0, 0.05) is 10.8 Å². The van der Waals surface area contributed by atoms with Gasteiger partial charge in [-0.1, -0.05) is 41.1 Å². The van der Waals surface area contributed by atoms with Crippen LogP contribution in [0.25, 0.3) is 10.9 Å². The number of hydrogen-bond acceptors (Lipinski definition) is 5. The second kappa shape index (κ2) is 5.07. The summed E-state index contributed by atoms with van der Waals surface area (Å²) in [5.74, 6) is -0.941. The first-order chi connectivity index (χ1) is 9.65. The highest BCUT2D eigenvalue weighted by Gasteiger charge is 2.18. The summed E-state index contributed by atoms with van der Waals surface area (Å²) in [5, 5.41) is 12.1. The number of nitrogens with zero attached hydrogens (tertiary/aromatic N) is 2. The zero-order valence-electron chi connectivity index (χ0n) is 9.91. The highest BCUT2D eigenvalue weighted by molar-refractivity contribution is 7.11. The van der Waals surface area contributed by atoms with E-state index in [9.17, 15) is 9.90 Å². The van der Waals surface area contributed by atoms with Gasteiger partial charge >= 0.3 is 5.97 Å². The Morgan fingerprint density at radius 3 is 2.85 bits per heavy atom. The van der Waals surface area contributed by atoms with Crippen molar-refractivity contribution in [2.24, 2.45) is 0 Å². The van der Waals surface area contributed by atoms with Crippen LogP contribution < -0.4 is 4.74 Å². The minimum Gasteiger partial charge on any atom is -0.478 e. The Hall–Kier alpha value is -2.18. The number of para-hydroxylation sites is 1. The van der Waals surface area contributed by atoms with E-state index in [-0.39, 0.29) is 16.5 Å². The number of aromatic carboxylic acids is 1. The zero-order chi connectivity index (χ0) is 14.1. The van der Waals surface area contributed by atoms with Crippen molar-refractivity contribution in [1.82, 2.24) is 9.97 Å². The summed E-state index contributed by atoms with van der Waals surface area (Å²) in [6.07, 6.45) is 1.38. The average molecular weight is 307 g/mol. The van der Waals surface area contributed by atoms with Crippen molar-refractivity contribution >= 4 is 39.8 Å². The first-order valence-electron chi connectivity index (χ1n) is 5.55. The van der Waals surface area contributed by atoms with Crippen LogP contribution in [0, 0.1) is 0 Å². The smallest absolute Gasteiger partial charge is 0.340 e. The molecule has 0 atom stereocenters. The molecular formula is C13H7ClN2O3S. The van der Waals surface area contributed by atoms with Crippen molar-refractivity contribution in [3.8, 4) is 10.9 Å². The lowest BCUT2D eigenvalue weighted by atomic mass is 10.1. The highest BCUT2D eigenvalue weighted by Crippen LogP contribution is 2.32. The molecule has 0 amide bonds. The summed E-state index contributed by atoms with van der Waals surface area (Å²) in [5.41, 5.74) is 0.649. The molecule has 7 heteroatoms. The molecule has 0 saturated carbocycles. The Kier molecular flexibility index (Phi) is 3.25. The van der Waals surface area contributed by atoms with Gasteiger partial charge in [0.25, 0.3) is 5.19 Å².